The molecule has 0 aromatic heterocycles. The van der Waals surface area contributed by atoms with Crippen LogP contribution in [-0.2, 0) is 11.2 Å². The minimum Gasteiger partial charge on any atom is -0.491 e. The Hall–Kier alpha value is -1.55. The Labute approximate surface area is 102 Å². The van der Waals surface area contributed by atoms with Crippen molar-refractivity contribution in [3.05, 3.63) is 29.8 Å². The lowest BCUT2D eigenvalue weighted by Gasteiger charge is -2.20. The largest absolute Gasteiger partial charge is 0.491 e. The maximum atomic E-state index is 11.0. The number of aryl methyl sites for hydroxylation is 1. The molecule has 1 unspecified atom stereocenters. The lowest BCUT2D eigenvalue weighted by atomic mass is 10.1. The highest BCUT2D eigenvalue weighted by atomic mass is 16.5. The van der Waals surface area contributed by atoms with E-state index in [9.17, 15) is 4.79 Å². The molecule has 0 saturated heterocycles. The lowest BCUT2D eigenvalue weighted by Crippen LogP contribution is -2.53. The van der Waals surface area contributed by atoms with Crippen molar-refractivity contribution >= 4 is 5.91 Å². The standard InChI is InChI=1S/C13H20N2O2/c1-3-4-10-5-7-11(8-6-10)17-9-13(2,15)12(14)16/h5-8H,3-4,9,15H2,1-2H3,(H2,14,16). The summed E-state index contributed by atoms with van der Waals surface area (Å²) in [6.07, 6.45) is 2.17. The van der Waals surface area contributed by atoms with Gasteiger partial charge in [-0.3, -0.25) is 4.79 Å². The van der Waals surface area contributed by atoms with E-state index in [1.807, 2.05) is 24.3 Å². The molecule has 0 spiro atoms. The summed E-state index contributed by atoms with van der Waals surface area (Å²) in [5.41, 5.74) is 11.0. The van der Waals surface area contributed by atoms with E-state index in [2.05, 4.69) is 6.92 Å². The first-order valence-corrected chi connectivity index (χ1v) is 5.76. The minimum atomic E-state index is -1.14. The number of primary amides is 1. The number of hydrogen-bond acceptors (Lipinski definition) is 3. The van der Waals surface area contributed by atoms with Crippen molar-refractivity contribution in [3.63, 3.8) is 0 Å². The third-order valence-electron chi connectivity index (χ3n) is 2.56. The van der Waals surface area contributed by atoms with Crippen LogP contribution in [0.1, 0.15) is 25.8 Å². The molecule has 1 aromatic carbocycles. The summed E-state index contributed by atoms with van der Waals surface area (Å²) in [4.78, 5) is 11.0. The second kappa shape index (κ2) is 5.68. The highest BCUT2D eigenvalue weighted by molar-refractivity contribution is 5.84. The average molecular weight is 236 g/mol. The molecule has 94 valence electrons. The van der Waals surface area contributed by atoms with E-state index < -0.39 is 11.4 Å². The van der Waals surface area contributed by atoms with Crippen LogP contribution in [0.3, 0.4) is 0 Å². The van der Waals surface area contributed by atoms with Gasteiger partial charge in [-0.05, 0) is 31.0 Å². The van der Waals surface area contributed by atoms with Gasteiger partial charge in [0.1, 0.15) is 17.9 Å². The van der Waals surface area contributed by atoms with E-state index in [0.717, 1.165) is 12.8 Å². The van der Waals surface area contributed by atoms with Gasteiger partial charge in [-0.25, -0.2) is 0 Å². The molecule has 0 radical (unpaired) electrons. The molecule has 17 heavy (non-hydrogen) atoms. The number of ether oxygens (including phenoxy) is 1. The SMILES string of the molecule is CCCc1ccc(OCC(C)(N)C(N)=O)cc1. The topological polar surface area (TPSA) is 78.3 Å². The van der Waals surface area contributed by atoms with Gasteiger partial charge in [-0.2, -0.15) is 0 Å². The average Bonchev–Trinajstić information content (AvgIpc) is 2.28. The van der Waals surface area contributed by atoms with Gasteiger partial charge in [0.2, 0.25) is 5.91 Å². The monoisotopic (exact) mass is 236 g/mol. The Morgan fingerprint density at radius 2 is 1.94 bits per heavy atom. The number of benzene rings is 1. The van der Waals surface area contributed by atoms with Crippen molar-refractivity contribution in [2.75, 3.05) is 6.61 Å². The van der Waals surface area contributed by atoms with Gasteiger partial charge >= 0.3 is 0 Å². The van der Waals surface area contributed by atoms with E-state index in [-0.39, 0.29) is 6.61 Å². The number of hydrogen-bond donors (Lipinski definition) is 2. The predicted molar refractivity (Wildman–Crippen MR) is 67.7 cm³/mol. The summed E-state index contributed by atoms with van der Waals surface area (Å²) in [7, 11) is 0. The normalized spacial score (nSPS) is 14.1. The zero-order valence-electron chi connectivity index (χ0n) is 10.4. The van der Waals surface area contributed by atoms with Crippen LogP contribution in [0.2, 0.25) is 0 Å². The van der Waals surface area contributed by atoms with Crippen molar-refractivity contribution < 1.29 is 9.53 Å². The second-order valence-corrected chi connectivity index (χ2v) is 4.46. The zero-order chi connectivity index (χ0) is 12.9. The molecule has 4 N–H and O–H groups in total. The smallest absolute Gasteiger partial charge is 0.240 e. The first-order valence-electron chi connectivity index (χ1n) is 5.76. The Bertz CT molecular complexity index is 372. The maximum Gasteiger partial charge on any atom is 0.240 e. The van der Waals surface area contributed by atoms with Crippen LogP contribution in [0.15, 0.2) is 24.3 Å². The third-order valence-corrected chi connectivity index (χ3v) is 2.56. The lowest BCUT2D eigenvalue weighted by molar-refractivity contribution is -0.123. The fourth-order valence-corrected chi connectivity index (χ4v) is 1.35. The molecule has 1 atom stereocenters. The van der Waals surface area contributed by atoms with Crippen LogP contribution in [-0.4, -0.2) is 18.1 Å². The Morgan fingerprint density at radius 3 is 2.41 bits per heavy atom. The summed E-state index contributed by atoms with van der Waals surface area (Å²) >= 11 is 0. The van der Waals surface area contributed by atoms with Crippen LogP contribution in [0.25, 0.3) is 0 Å². The van der Waals surface area contributed by atoms with Gasteiger partial charge < -0.3 is 16.2 Å². The fraction of sp³-hybridized carbons (Fsp3) is 0.462. The van der Waals surface area contributed by atoms with Gasteiger partial charge in [0, 0.05) is 0 Å². The predicted octanol–water partition coefficient (Wildman–Crippen LogP) is 1.22. The van der Waals surface area contributed by atoms with Crippen molar-refractivity contribution in [1.29, 1.82) is 0 Å². The summed E-state index contributed by atoms with van der Waals surface area (Å²) in [5.74, 6) is 0.128. The molecular formula is C13H20N2O2. The highest BCUT2D eigenvalue weighted by Gasteiger charge is 2.26. The molecule has 0 aliphatic carbocycles. The van der Waals surface area contributed by atoms with Crippen LogP contribution in [0, 0.1) is 0 Å². The maximum absolute atomic E-state index is 11.0. The van der Waals surface area contributed by atoms with Crippen LogP contribution < -0.4 is 16.2 Å². The van der Waals surface area contributed by atoms with Gasteiger partial charge in [0.15, 0.2) is 0 Å². The van der Waals surface area contributed by atoms with E-state index in [1.54, 1.807) is 6.92 Å². The Morgan fingerprint density at radius 1 is 1.35 bits per heavy atom. The van der Waals surface area contributed by atoms with E-state index in [0.29, 0.717) is 5.75 Å². The summed E-state index contributed by atoms with van der Waals surface area (Å²) < 4.78 is 5.44. The Balaban J connectivity index is 2.55. The molecule has 4 nitrogen and oxygen atoms in total. The zero-order valence-corrected chi connectivity index (χ0v) is 10.4. The number of nitrogens with two attached hydrogens (primary N) is 2. The first kappa shape index (κ1) is 13.5. The molecule has 1 amide bonds. The molecule has 0 heterocycles. The number of carbonyl (C=O) groups excluding carboxylic acids is 1. The molecule has 0 aliphatic heterocycles. The van der Waals surface area contributed by atoms with Gasteiger partial charge in [-0.15, -0.1) is 0 Å². The molecule has 0 aliphatic rings. The summed E-state index contributed by atoms with van der Waals surface area (Å²) in [5, 5.41) is 0. The van der Waals surface area contributed by atoms with Crippen LogP contribution in [0.4, 0.5) is 0 Å². The summed E-state index contributed by atoms with van der Waals surface area (Å²) in [6.45, 7) is 3.77. The van der Waals surface area contributed by atoms with E-state index in [4.69, 9.17) is 16.2 Å². The van der Waals surface area contributed by atoms with Crippen LogP contribution >= 0.6 is 0 Å². The fourth-order valence-electron chi connectivity index (χ4n) is 1.35. The van der Waals surface area contributed by atoms with Gasteiger partial charge in [-0.1, -0.05) is 25.5 Å². The van der Waals surface area contributed by atoms with Crippen LogP contribution in [0.5, 0.6) is 5.75 Å². The van der Waals surface area contributed by atoms with Crippen molar-refractivity contribution in [1.82, 2.24) is 0 Å². The molecule has 1 rings (SSSR count). The molecule has 0 bridgehead atoms. The number of carbonyl (C=O) groups is 1. The Kier molecular flexibility index (Phi) is 4.52. The third kappa shape index (κ3) is 4.07. The highest BCUT2D eigenvalue weighted by Crippen LogP contribution is 2.14. The first-order chi connectivity index (χ1) is 7.95. The van der Waals surface area contributed by atoms with Crippen molar-refractivity contribution in [2.24, 2.45) is 11.5 Å². The van der Waals surface area contributed by atoms with Crippen molar-refractivity contribution in [3.8, 4) is 5.75 Å². The molecule has 1 aromatic rings. The van der Waals surface area contributed by atoms with Gasteiger partial charge in [0.25, 0.3) is 0 Å². The summed E-state index contributed by atoms with van der Waals surface area (Å²) in [6, 6.07) is 7.78. The number of amides is 1. The molecule has 0 fully saturated rings. The van der Waals surface area contributed by atoms with Gasteiger partial charge in [0.05, 0.1) is 0 Å². The molecule has 4 heteroatoms. The molecular weight excluding hydrogens is 216 g/mol. The van der Waals surface area contributed by atoms with Crippen molar-refractivity contribution in [2.45, 2.75) is 32.2 Å². The molecule has 0 saturated carbocycles. The van der Waals surface area contributed by atoms with E-state index >= 15 is 0 Å². The number of rotatable bonds is 6. The quantitative estimate of drug-likeness (QED) is 0.779. The second-order valence-electron chi connectivity index (χ2n) is 4.46. The van der Waals surface area contributed by atoms with E-state index in [1.165, 1.54) is 5.56 Å². The minimum absolute atomic E-state index is 0.0788.